The third kappa shape index (κ3) is 2.12. The van der Waals surface area contributed by atoms with Crippen LogP contribution in [0, 0.1) is 18.2 Å². The zero-order valence-corrected chi connectivity index (χ0v) is 12.8. The van der Waals surface area contributed by atoms with Gasteiger partial charge in [0.2, 0.25) is 0 Å². The molecule has 1 aliphatic rings. The molecule has 108 valence electrons. The van der Waals surface area contributed by atoms with E-state index in [0.717, 1.165) is 17.9 Å². The highest BCUT2D eigenvalue weighted by molar-refractivity contribution is 6.16. The summed E-state index contributed by atoms with van der Waals surface area (Å²) in [4.78, 5) is 4.50. The van der Waals surface area contributed by atoms with Crippen molar-refractivity contribution in [3.8, 4) is 0 Å². The Balaban J connectivity index is 2.10. The van der Waals surface area contributed by atoms with E-state index in [1.165, 1.54) is 31.7 Å². The van der Waals surface area contributed by atoms with E-state index in [-0.39, 0.29) is 5.82 Å². The number of halogens is 2. The molecule has 1 heterocycles. The minimum Gasteiger partial charge on any atom is -0.326 e. The standard InChI is InChI=1S/C16H20ClFN2/c1-3-16(5-4-6-16)10-20-14-7-11(2)12(18)8-13(14)19-15(20)9-17/h7-8H,3-6,9-10H2,1-2H3. The van der Waals surface area contributed by atoms with Gasteiger partial charge in [-0.2, -0.15) is 0 Å². The van der Waals surface area contributed by atoms with Crippen LogP contribution in [0.15, 0.2) is 12.1 Å². The van der Waals surface area contributed by atoms with Gasteiger partial charge in [-0.15, -0.1) is 11.6 Å². The number of alkyl halides is 1. The molecule has 1 saturated carbocycles. The van der Waals surface area contributed by atoms with Gasteiger partial charge < -0.3 is 4.57 Å². The molecule has 2 nitrogen and oxygen atoms in total. The average molecular weight is 295 g/mol. The Morgan fingerprint density at radius 2 is 2.15 bits per heavy atom. The van der Waals surface area contributed by atoms with Crippen molar-refractivity contribution in [3.63, 3.8) is 0 Å². The van der Waals surface area contributed by atoms with E-state index in [2.05, 4.69) is 16.5 Å². The Morgan fingerprint density at radius 1 is 1.40 bits per heavy atom. The topological polar surface area (TPSA) is 17.8 Å². The monoisotopic (exact) mass is 294 g/mol. The lowest BCUT2D eigenvalue weighted by Gasteiger charge is -2.42. The number of benzene rings is 1. The number of rotatable bonds is 4. The number of hydrogen-bond acceptors (Lipinski definition) is 1. The van der Waals surface area contributed by atoms with Crippen LogP contribution in [0.25, 0.3) is 11.0 Å². The van der Waals surface area contributed by atoms with E-state index < -0.39 is 0 Å². The molecule has 3 rings (SSSR count). The Labute approximate surface area is 123 Å². The molecule has 2 aromatic rings. The molecule has 20 heavy (non-hydrogen) atoms. The minimum absolute atomic E-state index is 0.197. The third-order valence-electron chi connectivity index (χ3n) is 4.88. The fourth-order valence-corrected chi connectivity index (χ4v) is 3.42. The quantitative estimate of drug-likeness (QED) is 0.740. The van der Waals surface area contributed by atoms with E-state index >= 15 is 0 Å². The van der Waals surface area contributed by atoms with Gasteiger partial charge in [0.25, 0.3) is 0 Å². The van der Waals surface area contributed by atoms with Crippen molar-refractivity contribution in [1.82, 2.24) is 9.55 Å². The summed E-state index contributed by atoms with van der Waals surface area (Å²) < 4.78 is 15.9. The number of fused-ring (bicyclic) bond motifs is 1. The van der Waals surface area contributed by atoms with Crippen LogP contribution in [-0.2, 0) is 12.4 Å². The van der Waals surface area contributed by atoms with Gasteiger partial charge in [-0.1, -0.05) is 13.3 Å². The summed E-state index contributed by atoms with van der Waals surface area (Å²) in [5, 5.41) is 0. The first-order chi connectivity index (χ1) is 9.58. The molecule has 1 aromatic heterocycles. The fourth-order valence-electron chi connectivity index (χ4n) is 3.21. The fraction of sp³-hybridized carbons (Fsp3) is 0.562. The molecule has 0 spiro atoms. The van der Waals surface area contributed by atoms with E-state index in [4.69, 9.17) is 11.6 Å². The maximum absolute atomic E-state index is 13.7. The van der Waals surface area contributed by atoms with Crippen molar-refractivity contribution in [2.45, 2.75) is 52.0 Å². The summed E-state index contributed by atoms with van der Waals surface area (Å²) in [7, 11) is 0. The molecule has 1 aromatic carbocycles. The van der Waals surface area contributed by atoms with Crippen LogP contribution in [0.2, 0.25) is 0 Å². The number of hydrogen-bond donors (Lipinski definition) is 0. The van der Waals surface area contributed by atoms with Crippen LogP contribution in [0.4, 0.5) is 4.39 Å². The lowest BCUT2D eigenvalue weighted by Crippen LogP contribution is -2.33. The van der Waals surface area contributed by atoms with Crippen molar-refractivity contribution in [3.05, 3.63) is 29.3 Å². The first kappa shape index (κ1) is 13.9. The second kappa shape index (κ2) is 5.03. The van der Waals surface area contributed by atoms with Crippen molar-refractivity contribution in [1.29, 1.82) is 0 Å². The summed E-state index contributed by atoms with van der Waals surface area (Å²) in [5.41, 5.74) is 2.78. The molecule has 4 heteroatoms. The summed E-state index contributed by atoms with van der Waals surface area (Å²) in [6.45, 7) is 5.00. The third-order valence-corrected chi connectivity index (χ3v) is 5.12. The van der Waals surface area contributed by atoms with Gasteiger partial charge in [0, 0.05) is 12.6 Å². The molecular weight excluding hydrogens is 275 g/mol. The lowest BCUT2D eigenvalue weighted by molar-refractivity contribution is 0.101. The highest BCUT2D eigenvalue weighted by Crippen LogP contribution is 2.46. The molecule has 0 N–H and O–H groups in total. The number of aromatic nitrogens is 2. The van der Waals surface area contributed by atoms with Crippen molar-refractivity contribution in [2.75, 3.05) is 0 Å². The zero-order chi connectivity index (χ0) is 14.3. The lowest BCUT2D eigenvalue weighted by atomic mass is 9.67. The summed E-state index contributed by atoms with van der Waals surface area (Å²) in [6.07, 6.45) is 5.02. The van der Waals surface area contributed by atoms with Gasteiger partial charge >= 0.3 is 0 Å². The van der Waals surface area contributed by atoms with Gasteiger partial charge in [-0.05, 0) is 43.2 Å². The Kier molecular flexibility index (Phi) is 3.49. The van der Waals surface area contributed by atoms with Gasteiger partial charge in [0.1, 0.15) is 11.6 Å². The molecule has 0 aliphatic heterocycles. The molecule has 0 unspecified atom stereocenters. The summed E-state index contributed by atoms with van der Waals surface area (Å²) in [5.74, 6) is 1.03. The molecule has 1 aliphatic carbocycles. The van der Waals surface area contributed by atoms with Crippen LogP contribution in [0.1, 0.15) is 44.0 Å². The highest BCUT2D eigenvalue weighted by atomic mass is 35.5. The highest BCUT2D eigenvalue weighted by Gasteiger charge is 2.36. The van der Waals surface area contributed by atoms with Crippen LogP contribution < -0.4 is 0 Å². The predicted octanol–water partition coefficient (Wildman–Crippen LogP) is 4.80. The van der Waals surface area contributed by atoms with Gasteiger partial charge in [0.15, 0.2) is 0 Å². The van der Waals surface area contributed by atoms with Crippen LogP contribution in [-0.4, -0.2) is 9.55 Å². The number of imidazole rings is 1. The molecule has 0 bridgehead atoms. The summed E-state index contributed by atoms with van der Waals surface area (Å²) >= 11 is 6.04. The molecule has 0 radical (unpaired) electrons. The summed E-state index contributed by atoms with van der Waals surface area (Å²) in [6, 6.07) is 3.42. The second-order valence-electron chi connectivity index (χ2n) is 6.05. The van der Waals surface area contributed by atoms with Crippen LogP contribution in [0.5, 0.6) is 0 Å². The molecule has 1 fully saturated rings. The molecular formula is C16H20ClFN2. The number of aryl methyl sites for hydroxylation is 1. The molecule has 0 saturated heterocycles. The van der Waals surface area contributed by atoms with E-state index in [0.29, 0.717) is 22.4 Å². The predicted molar refractivity (Wildman–Crippen MR) is 80.6 cm³/mol. The Morgan fingerprint density at radius 3 is 2.70 bits per heavy atom. The smallest absolute Gasteiger partial charge is 0.128 e. The SMILES string of the molecule is CCC1(Cn2c(CCl)nc3cc(F)c(C)cc32)CCC1. The van der Waals surface area contributed by atoms with Crippen molar-refractivity contribution >= 4 is 22.6 Å². The first-order valence-corrected chi connectivity index (χ1v) is 7.83. The Hall–Kier alpha value is -1.09. The van der Waals surface area contributed by atoms with Crippen LogP contribution >= 0.6 is 11.6 Å². The maximum Gasteiger partial charge on any atom is 0.128 e. The van der Waals surface area contributed by atoms with E-state index in [1.807, 2.05) is 6.07 Å². The normalized spacial score (nSPS) is 17.4. The largest absolute Gasteiger partial charge is 0.326 e. The van der Waals surface area contributed by atoms with Gasteiger partial charge in [-0.3, -0.25) is 0 Å². The van der Waals surface area contributed by atoms with Crippen molar-refractivity contribution < 1.29 is 4.39 Å². The molecule has 0 atom stereocenters. The van der Waals surface area contributed by atoms with Crippen LogP contribution in [0.3, 0.4) is 0 Å². The first-order valence-electron chi connectivity index (χ1n) is 7.30. The number of nitrogens with zero attached hydrogens (tertiary/aromatic N) is 2. The van der Waals surface area contributed by atoms with Gasteiger partial charge in [-0.25, -0.2) is 9.37 Å². The zero-order valence-electron chi connectivity index (χ0n) is 12.0. The second-order valence-corrected chi connectivity index (χ2v) is 6.31. The average Bonchev–Trinajstić information content (AvgIpc) is 2.72. The van der Waals surface area contributed by atoms with E-state index in [1.54, 1.807) is 6.92 Å². The minimum atomic E-state index is -0.197. The van der Waals surface area contributed by atoms with E-state index in [9.17, 15) is 4.39 Å². The van der Waals surface area contributed by atoms with Crippen molar-refractivity contribution in [2.24, 2.45) is 5.41 Å². The molecule has 0 amide bonds. The maximum atomic E-state index is 13.7. The van der Waals surface area contributed by atoms with Gasteiger partial charge in [0.05, 0.1) is 16.9 Å². The Bertz CT molecular complexity index is 638.